The van der Waals surface area contributed by atoms with Crippen LogP contribution in [0.4, 0.5) is 17.1 Å². The Balaban J connectivity index is 0.842. The average Bonchev–Trinajstić information content (AvgIpc) is 4.20. The van der Waals surface area contributed by atoms with Gasteiger partial charge >= 0.3 is 0 Å². The second kappa shape index (κ2) is 16.1. The third kappa shape index (κ3) is 6.11. The first-order valence-electron chi connectivity index (χ1n) is 26.4. The Bertz CT molecular complexity index is 5170. The molecule has 13 aromatic carbocycles. The number of hydrogen-bond donors (Lipinski definition) is 0. The zero-order valence-corrected chi connectivity index (χ0v) is 41.6. The minimum Gasteiger partial charge on any atom is -0.309 e. The lowest BCUT2D eigenvalue weighted by Gasteiger charge is -2.33. The minimum absolute atomic E-state index is 0.871. The molecule has 0 aliphatic carbocycles. The summed E-state index contributed by atoms with van der Waals surface area (Å²) in [5.74, 6) is 0. The monoisotopic (exact) mass is 977 g/mol. The van der Waals surface area contributed by atoms with Gasteiger partial charge in [0, 0.05) is 54.8 Å². The number of anilines is 3. The van der Waals surface area contributed by atoms with Gasteiger partial charge in [-0.15, -0.1) is 0 Å². The van der Waals surface area contributed by atoms with Crippen LogP contribution in [0.15, 0.2) is 261 Å². The summed E-state index contributed by atoms with van der Waals surface area (Å²) in [4.78, 5) is 13.2. The van der Waals surface area contributed by atoms with Gasteiger partial charge in [0.25, 0.3) is 0 Å². The molecule has 5 heteroatoms. The minimum atomic E-state index is 0.871. The van der Waals surface area contributed by atoms with Gasteiger partial charge in [-0.25, -0.2) is 9.97 Å². The van der Waals surface area contributed by atoms with Gasteiger partial charge in [0.1, 0.15) is 0 Å². The molecule has 1 aliphatic heterocycles. The van der Waals surface area contributed by atoms with Crippen molar-refractivity contribution in [3.63, 3.8) is 0 Å². The van der Waals surface area contributed by atoms with Crippen LogP contribution >= 0.6 is 0 Å². The lowest BCUT2D eigenvalue weighted by Crippen LogP contribution is -2.18. The van der Waals surface area contributed by atoms with Crippen LogP contribution in [0.1, 0.15) is 0 Å². The van der Waals surface area contributed by atoms with Gasteiger partial charge in [-0.05, 0) is 122 Å². The number of nitrogens with zero attached hydrogens (tertiary/aromatic N) is 5. The zero-order chi connectivity index (χ0) is 50.3. The van der Waals surface area contributed by atoms with E-state index in [2.05, 4.69) is 269 Å². The average molecular weight is 978 g/mol. The van der Waals surface area contributed by atoms with Crippen molar-refractivity contribution in [1.82, 2.24) is 19.1 Å². The summed E-state index contributed by atoms with van der Waals surface area (Å²) in [6.07, 6.45) is 0. The third-order valence-corrected chi connectivity index (χ3v) is 16.3. The topological polar surface area (TPSA) is 38.9 Å². The van der Waals surface area contributed by atoms with Gasteiger partial charge in [0.2, 0.25) is 0 Å². The first kappa shape index (κ1) is 42.0. The number of fused-ring (bicyclic) bond motifs is 16. The summed E-state index contributed by atoms with van der Waals surface area (Å²) in [5, 5.41) is 14.5. The molecule has 0 atom stereocenters. The fourth-order valence-electron chi connectivity index (χ4n) is 12.9. The molecule has 0 saturated heterocycles. The van der Waals surface area contributed by atoms with Gasteiger partial charge < -0.3 is 14.0 Å². The molecule has 356 valence electrons. The Labute approximate surface area is 442 Å². The first-order chi connectivity index (χ1) is 38.2. The van der Waals surface area contributed by atoms with E-state index in [-0.39, 0.29) is 0 Å². The van der Waals surface area contributed by atoms with Crippen LogP contribution in [0.3, 0.4) is 0 Å². The van der Waals surface area contributed by atoms with Crippen molar-refractivity contribution in [1.29, 1.82) is 0 Å². The van der Waals surface area contributed by atoms with Crippen LogP contribution in [-0.4, -0.2) is 19.1 Å². The summed E-state index contributed by atoms with van der Waals surface area (Å²) in [5.41, 5.74) is 18.5. The number of para-hydroxylation sites is 4. The molecule has 3 aromatic heterocycles. The maximum Gasteiger partial charge on any atom is 0.0973 e. The van der Waals surface area contributed by atoms with Gasteiger partial charge in [-0.3, -0.25) is 0 Å². The van der Waals surface area contributed by atoms with E-state index in [1.165, 1.54) is 76.3 Å². The SMILES string of the molecule is c1ccc(-c2nc3ccc4ccccc4c3nc2-c2ccc3cc(N4c5ccccc5-n5c6c4cccc6c4cc(-c6ccc7c(c6)c6c8ccccc8ccc6n7-c6ccccc6)c6ccccc6c45)ccc3c2)cc1. The highest BCUT2D eigenvalue weighted by Crippen LogP contribution is 2.52. The molecule has 1 aliphatic rings. The van der Waals surface area contributed by atoms with Crippen LogP contribution in [-0.2, 0) is 0 Å². The molecule has 0 spiro atoms. The first-order valence-corrected chi connectivity index (χ1v) is 26.4. The van der Waals surface area contributed by atoms with E-state index in [9.17, 15) is 0 Å². The Morgan fingerprint density at radius 1 is 0.286 bits per heavy atom. The van der Waals surface area contributed by atoms with Gasteiger partial charge in [-0.1, -0.05) is 182 Å². The second-order valence-electron chi connectivity index (χ2n) is 20.5. The number of benzene rings is 13. The molecule has 0 unspecified atom stereocenters. The van der Waals surface area contributed by atoms with Crippen molar-refractivity contribution in [3.8, 4) is 45.0 Å². The Kier molecular flexibility index (Phi) is 8.77. The molecule has 0 radical (unpaired) electrons. The predicted octanol–water partition coefficient (Wildman–Crippen LogP) is 19.2. The third-order valence-electron chi connectivity index (χ3n) is 16.3. The fraction of sp³-hybridized carbons (Fsp3) is 0. The van der Waals surface area contributed by atoms with Crippen molar-refractivity contribution in [2.45, 2.75) is 0 Å². The molecule has 5 nitrogen and oxygen atoms in total. The van der Waals surface area contributed by atoms with Crippen molar-refractivity contribution in [3.05, 3.63) is 261 Å². The summed E-state index contributed by atoms with van der Waals surface area (Å²) < 4.78 is 4.96. The summed E-state index contributed by atoms with van der Waals surface area (Å²) in [7, 11) is 0. The van der Waals surface area contributed by atoms with E-state index < -0.39 is 0 Å². The molecular weight excluding hydrogens is 935 g/mol. The van der Waals surface area contributed by atoms with E-state index in [0.29, 0.717) is 0 Å². The van der Waals surface area contributed by atoms with E-state index in [0.717, 1.165) is 83.5 Å². The van der Waals surface area contributed by atoms with Gasteiger partial charge in [0.15, 0.2) is 0 Å². The number of hydrogen-bond acceptors (Lipinski definition) is 3. The van der Waals surface area contributed by atoms with Crippen LogP contribution in [0.25, 0.3) is 143 Å². The smallest absolute Gasteiger partial charge is 0.0973 e. The van der Waals surface area contributed by atoms with Crippen LogP contribution in [0, 0.1) is 0 Å². The van der Waals surface area contributed by atoms with E-state index in [1.54, 1.807) is 0 Å². The number of rotatable bonds is 5. The molecule has 4 heterocycles. The maximum atomic E-state index is 5.45. The zero-order valence-electron chi connectivity index (χ0n) is 41.6. The molecule has 0 saturated carbocycles. The highest BCUT2D eigenvalue weighted by Gasteiger charge is 2.30. The normalized spacial score (nSPS) is 12.4. The Hall–Kier alpha value is -10.4. The highest BCUT2D eigenvalue weighted by molar-refractivity contribution is 6.27. The quantitative estimate of drug-likeness (QED) is 0.161. The standard InChI is InChI=1S/C72H43N5/c1-3-18-46(19-4-1)68-69(74-70-54-23-10-8-17-45(54)33-37-61(70)73-68)50-31-30-48-41-52(36-32-47(48)40-50)76-63-27-13-14-28-64(63)77-71-56-25-12-11-24-55(56)58(43-59(71)57-26-15-29-66(76)72(57)77)49-35-38-62-60(42-49)67-53-22-9-7-16-44(53)34-39-65(67)75(62)51-20-5-2-6-21-51/h1-43H. The molecule has 0 amide bonds. The molecule has 0 fully saturated rings. The molecule has 17 rings (SSSR count). The van der Waals surface area contributed by atoms with E-state index in [1.807, 2.05) is 6.07 Å². The molecule has 77 heavy (non-hydrogen) atoms. The van der Waals surface area contributed by atoms with E-state index in [4.69, 9.17) is 9.97 Å². The lowest BCUT2D eigenvalue weighted by molar-refractivity contribution is 1.12. The molecule has 0 N–H and O–H groups in total. The Morgan fingerprint density at radius 3 is 1.75 bits per heavy atom. The van der Waals surface area contributed by atoms with Gasteiger partial charge in [0.05, 0.1) is 61.6 Å². The Morgan fingerprint density at radius 2 is 0.896 bits per heavy atom. The van der Waals surface area contributed by atoms with Crippen LogP contribution in [0.5, 0.6) is 0 Å². The largest absolute Gasteiger partial charge is 0.309 e. The molecular formula is C72H43N5. The molecule has 0 bridgehead atoms. The predicted molar refractivity (Wildman–Crippen MR) is 323 cm³/mol. The summed E-state index contributed by atoms with van der Waals surface area (Å²) >= 11 is 0. The van der Waals surface area contributed by atoms with Crippen molar-refractivity contribution < 1.29 is 0 Å². The van der Waals surface area contributed by atoms with Crippen molar-refractivity contribution in [2.24, 2.45) is 0 Å². The maximum absolute atomic E-state index is 5.45. The highest BCUT2D eigenvalue weighted by atomic mass is 15.2. The fourth-order valence-corrected chi connectivity index (χ4v) is 12.9. The lowest BCUT2D eigenvalue weighted by atomic mass is 9.94. The van der Waals surface area contributed by atoms with Crippen molar-refractivity contribution in [2.75, 3.05) is 4.90 Å². The second-order valence-corrected chi connectivity index (χ2v) is 20.5. The van der Waals surface area contributed by atoms with Crippen LogP contribution < -0.4 is 4.90 Å². The van der Waals surface area contributed by atoms with E-state index >= 15 is 0 Å². The number of aromatic nitrogens is 4. The van der Waals surface area contributed by atoms with Crippen molar-refractivity contribution >= 4 is 115 Å². The van der Waals surface area contributed by atoms with Gasteiger partial charge in [-0.2, -0.15) is 0 Å². The molecule has 16 aromatic rings. The summed E-state index contributed by atoms with van der Waals surface area (Å²) in [6.45, 7) is 0. The summed E-state index contributed by atoms with van der Waals surface area (Å²) in [6, 6.07) is 95.2. The van der Waals surface area contributed by atoms with Crippen LogP contribution in [0.2, 0.25) is 0 Å².